The molecular weight excluding hydrogens is 263 g/mol. The third-order valence-electron chi connectivity index (χ3n) is 3.64. The van der Waals surface area contributed by atoms with E-state index in [2.05, 4.69) is 4.57 Å². The molecule has 3 N–H and O–H groups in total. The van der Waals surface area contributed by atoms with Gasteiger partial charge in [0.2, 0.25) is 5.91 Å². The van der Waals surface area contributed by atoms with Gasteiger partial charge in [-0.25, -0.2) is 0 Å². The van der Waals surface area contributed by atoms with Crippen molar-refractivity contribution in [3.63, 3.8) is 0 Å². The Kier molecular flexibility index (Phi) is 3.50. The van der Waals surface area contributed by atoms with Gasteiger partial charge in [0.25, 0.3) is 0 Å². The van der Waals surface area contributed by atoms with Crippen LogP contribution >= 0.6 is 0 Å². The summed E-state index contributed by atoms with van der Waals surface area (Å²) in [4.78, 5) is 11.4. The number of benzene rings is 2. The Bertz CT molecular complexity index is 794. The molecule has 0 fully saturated rings. The molecule has 0 atom stereocenters. The summed E-state index contributed by atoms with van der Waals surface area (Å²) in [7, 11) is 0.0503. The molecule has 0 spiro atoms. The van der Waals surface area contributed by atoms with E-state index in [-0.39, 0.29) is 7.48 Å². The zero-order chi connectivity index (χ0) is 14.8. The Morgan fingerprint density at radius 2 is 1.90 bits per heavy atom. The van der Waals surface area contributed by atoms with Crippen LogP contribution in [0.2, 0.25) is 0 Å². The van der Waals surface area contributed by atoms with E-state index in [9.17, 15) is 4.79 Å². The molecule has 1 aromatic heterocycles. The summed E-state index contributed by atoms with van der Waals surface area (Å²) >= 11 is 0. The second-order valence-electron chi connectivity index (χ2n) is 5.02. The zero-order valence-corrected chi connectivity index (χ0v) is 11.5. The Hall–Kier alpha value is -2.53. The summed E-state index contributed by atoms with van der Waals surface area (Å²) < 4.78 is 2.08. The van der Waals surface area contributed by atoms with Crippen LogP contribution in [0.3, 0.4) is 0 Å². The second kappa shape index (κ2) is 5.46. The maximum Gasteiger partial charge on any atom is 0.304 e. The average Bonchev–Trinajstić information content (AvgIpc) is 2.91. The average molecular weight is 278 g/mol. The van der Waals surface area contributed by atoms with Crippen LogP contribution in [0.5, 0.6) is 0 Å². The number of carbonyl (C=O) groups is 1. The largest absolute Gasteiger partial charge is 0.449 e. The van der Waals surface area contributed by atoms with Gasteiger partial charge in [0, 0.05) is 29.2 Å². The fourth-order valence-electron chi connectivity index (χ4n) is 2.52. The van der Waals surface area contributed by atoms with E-state index >= 15 is 0 Å². The highest BCUT2D eigenvalue weighted by Crippen LogP contribution is 2.21. The number of carbonyl (C=O) groups excluding carboxylic acids is 1. The van der Waals surface area contributed by atoms with E-state index in [1.165, 1.54) is 0 Å². The van der Waals surface area contributed by atoms with E-state index in [4.69, 9.17) is 10.8 Å². The quantitative estimate of drug-likeness (QED) is 0.692. The molecule has 3 aromatic rings. The topological polar surface area (TPSA) is 68.2 Å². The summed E-state index contributed by atoms with van der Waals surface area (Å²) in [6, 6.07) is 15.3. The van der Waals surface area contributed by atoms with Gasteiger partial charge in [-0.1, -0.05) is 35.8 Å². The van der Waals surface area contributed by atoms with Crippen molar-refractivity contribution in [1.29, 1.82) is 0 Å². The number of hydrogen-bond donors (Lipinski definition) is 2. The van der Waals surface area contributed by atoms with Crippen molar-refractivity contribution in [3.8, 4) is 0 Å². The SMILES string of the molecule is NC(=O)c1cccc2c1ccn2Cc1ccc(BO)cc1. The number of rotatable bonds is 4. The van der Waals surface area contributed by atoms with Crippen molar-refractivity contribution < 1.29 is 9.82 Å². The Morgan fingerprint density at radius 3 is 2.57 bits per heavy atom. The van der Waals surface area contributed by atoms with E-state index in [0.29, 0.717) is 12.1 Å². The van der Waals surface area contributed by atoms with Gasteiger partial charge in [-0.2, -0.15) is 0 Å². The number of nitrogens with zero attached hydrogens (tertiary/aromatic N) is 1. The molecule has 21 heavy (non-hydrogen) atoms. The molecule has 0 aliphatic rings. The van der Waals surface area contributed by atoms with Crippen LogP contribution in [0.4, 0.5) is 0 Å². The lowest BCUT2D eigenvalue weighted by Gasteiger charge is -2.07. The minimum absolute atomic E-state index is 0.0503. The maximum absolute atomic E-state index is 11.4. The molecule has 0 bridgehead atoms. The number of nitrogens with two attached hydrogens (primary N) is 1. The van der Waals surface area contributed by atoms with Gasteiger partial charge in [-0.05, 0) is 23.8 Å². The predicted octanol–water partition coefficient (Wildman–Crippen LogP) is 0.758. The highest BCUT2D eigenvalue weighted by Gasteiger charge is 2.09. The van der Waals surface area contributed by atoms with Gasteiger partial charge in [-0.3, -0.25) is 4.79 Å². The van der Waals surface area contributed by atoms with E-state index in [1.807, 2.05) is 48.7 Å². The van der Waals surface area contributed by atoms with Crippen LogP contribution in [0, 0.1) is 0 Å². The van der Waals surface area contributed by atoms with E-state index in [0.717, 1.165) is 21.9 Å². The molecule has 0 radical (unpaired) electrons. The van der Waals surface area contributed by atoms with Crippen LogP contribution < -0.4 is 11.2 Å². The predicted molar refractivity (Wildman–Crippen MR) is 85.0 cm³/mol. The van der Waals surface area contributed by atoms with Gasteiger partial charge in [-0.15, -0.1) is 0 Å². The van der Waals surface area contributed by atoms with Crippen LogP contribution in [-0.2, 0) is 6.54 Å². The first kappa shape index (κ1) is 13.5. The van der Waals surface area contributed by atoms with Crippen molar-refractivity contribution in [2.45, 2.75) is 6.54 Å². The minimum Gasteiger partial charge on any atom is -0.449 e. The molecule has 0 saturated heterocycles. The first-order valence-electron chi connectivity index (χ1n) is 6.75. The molecule has 0 aliphatic carbocycles. The Balaban J connectivity index is 1.97. The van der Waals surface area contributed by atoms with Crippen LogP contribution in [0.15, 0.2) is 54.7 Å². The molecule has 3 rings (SSSR count). The highest BCUT2D eigenvalue weighted by molar-refractivity contribution is 6.45. The molecule has 1 heterocycles. The molecular formula is C16H15BN2O2. The summed E-state index contributed by atoms with van der Waals surface area (Å²) in [6.07, 6.45) is 1.96. The molecule has 5 heteroatoms. The number of aromatic nitrogens is 1. The molecule has 1 amide bonds. The Labute approximate surface area is 123 Å². The van der Waals surface area contributed by atoms with Crippen molar-refractivity contribution >= 4 is 29.8 Å². The normalized spacial score (nSPS) is 10.7. The summed E-state index contributed by atoms with van der Waals surface area (Å²) in [5, 5.41) is 9.93. The lowest BCUT2D eigenvalue weighted by atomic mass is 9.88. The van der Waals surface area contributed by atoms with Crippen molar-refractivity contribution in [3.05, 3.63) is 65.9 Å². The smallest absolute Gasteiger partial charge is 0.304 e. The van der Waals surface area contributed by atoms with Crippen LogP contribution in [0.1, 0.15) is 15.9 Å². The summed E-state index contributed by atoms with van der Waals surface area (Å²) in [5.74, 6) is -0.411. The van der Waals surface area contributed by atoms with Crippen LogP contribution in [-0.4, -0.2) is 23.0 Å². The lowest BCUT2D eigenvalue weighted by molar-refractivity contribution is 0.100. The third-order valence-corrected chi connectivity index (χ3v) is 3.64. The van der Waals surface area contributed by atoms with E-state index in [1.54, 1.807) is 6.07 Å². The highest BCUT2D eigenvalue weighted by atomic mass is 16.2. The third kappa shape index (κ3) is 2.55. The zero-order valence-electron chi connectivity index (χ0n) is 11.5. The van der Waals surface area contributed by atoms with Gasteiger partial charge in [0.1, 0.15) is 0 Å². The monoisotopic (exact) mass is 278 g/mol. The Morgan fingerprint density at radius 1 is 1.14 bits per heavy atom. The number of fused-ring (bicyclic) bond motifs is 1. The molecule has 0 aliphatic heterocycles. The van der Waals surface area contributed by atoms with Gasteiger partial charge >= 0.3 is 7.48 Å². The van der Waals surface area contributed by atoms with Gasteiger partial charge in [0.15, 0.2) is 0 Å². The maximum atomic E-state index is 11.4. The first-order valence-corrected chi connectivity index (χ1v) is 6.75. The number of hydrogen-bond acceptors (Lipinski definition) is 2. The molecule has 0 saturated carbocycles. The van der Waals surface area contributed by atoms with Gasteiger partial charge < -0.3 is 15.3 Å². The van der Waals surface area contributed by atoms with E-state index < -0.39 is 5.91 Å². The number of amides is 1. The fraction of sp³-hybridized carbons (Fsp3) is 0.0625. The van der Waals surface area contributed by atoms with Crippen molar-refractivity contribution in [2.24, 2.45) is 5.73 Å². The minimum atomic E-state index is -0.411. The molecule has 2 aromatic carbocycles. The summed E-state index contributed by atoms with van der Waals surface area (Å²) in [6.45, 7) is 0.706. The number of primary amides is 1. The van der Waals surface area contributed by atoms with Crippen molar-refractivity contribution in [1.82, 2.24) is 4.57 Å². The lowest BCUT2D eigenvalue weighted by Crippen LogP contribution is -2.13. The standard InChI is InChI=1S/C16H15BN2O2/c18-16(20)14-2-1-3-15-13(14)8-9-19(15)10-11-4-6-12(17-21)7-5-11/h1-9,17,21H,10H2,(H2,18,20). The van der Waals surface area contributed by atoms with Gasteiger partial charge in [0.05, 0.1) is 0 Å². The van der Waals surface area contributed by atoms with Crippen molar-refractivity contribution in [2.75, 3.05) is 0 Å². The second-order valence-corrected chi connectivity index (χ2v) is 5.02. The first-order chi connectivity index (χ1) is 10.2. The summed E-state index contributed by atoms with van der Waals surface area (Å²) in [5.41, 5.74) is 8.96. The van der Waals surface area contributed by atoms with Crippen LogP contribution in [0.25, 0.3) is 10.9 Å². The fourth-order valence-corrected chi connectivity index (χ4v) is 2.52. The molecule has 0 unspecified atom stereocenters. The molecule has 4 nitrogen and oxygen atoms in total. The molecule has 104 valence electrons.